The summed E-state index contributed by atoms with van der Waals surface area (Å²) in [6, 6.07) is 9.54. The SMILES string of the molecule is COc1ccc(S(=O)(=O)n2cc(COC(=O)N(C)C(C)(C)C)cc2-c2cccnc2C#N)cn1. The number of amides is 1. The van der Waals surface area contributed by atoms with Crippen LogP contribution in [-0.2, 0) is 21.4 Å². The lowest BCUT2D eigenvalue weighted by molar-refractivity contribution is 0.0759. The summed E-state index contributed by atoms with van der Waals surface area (Å²) >= 11 is 0. The molecule has 0 atom stereocenters. The van der Waals surface area contributed by atoms with E-state index in [-0.39, 0.29) is 28.8 Å². The summed E-state index contributed by atoms with van der Waals surface area (Å²) in [5.74, 6) is 0.265. The standard InChI is InChI=1S/C23H25N5O5S/c1-23(2,3)27(4)22(29)33-15-16-11-20(18-7-6-10-25-19(18)12-24)28(14-16)34(30,31)17-8-9-21(32-5)26-13-17/h6-11,13-14H,15H2,1-5H3. The van der Waals surface area contributed by atoms with Crippen LogP contribution in [-0.4, -0.2) is 53.0 Å². The van der Waals surface area contributed by atoms with Crippen molar-refractivity contribution in [2.45, 2.75) is 37.8 Å². The van der Waals surface area contributed by atoms with Gasteiger partial charge >= 0.3 is 6.09 Å². The first-order valence-electron chi connectivity index (χ1n) is 10.2. The van der Waals surface area contributed by atoms with Gasteiger partial charge in [-0.1, -0.05) is 0 Å². The van der Waals surface area contributed by atoms with Crippen LogP contribution in [0.5, 0.6) is 5.88 Å². The third-order valence-electron chi connectivity index (χ3n) is 5.15. The predicted octanol–water partition coefficient (Wildman–Crippen LogP) is 3.43. The van der Waals surface area contributed by atoms with Crippen LogP contribution in [0.25, 0.3) is 11.3 Å². The highest BCUT2D eigenvalue weighted by Crippen LogP contribution is 2.29. The zero-order chi connectivity index (χ0) is 25.1. The lowest BCUT2D eigenvalue weighted by atomic mass is 10.1. The van der Waals surface area contributed by atoms with Gasteiger partial charge in [0.05, 0.1) is 19.0 Å². The van der Waals surface area contributed by atoms with Crippen molar-refractivity contribution in [2.24, 2.45) is 0 Å². The second-order valence-electron chi connectivity index (χ2n) is 8.37. The molecule has 1 amide bonds. The lowest BCUT2D eigenvalue weighted by Gasteiger charge is -2.30. The maximum Gasteiger partial charge on any atom is 0.410 e. The van der Waals surface area contributed by atoms with Gasteiger partial charge < -0.3 is 14.4 Å². The topological polar surface area (TPSA) is 127 Å². The molecule has 0 unspecified atom stereocenters. The molecule has 3 aromatic rings. The van der Waals surface area contributed by atoms with Crippen LogP contribution in [0, 0.1) is 11.3 Å². The van der Waals surface area contributed by atoms with Crippen molar-refractivity contribution in [1.82, 2.24) is 18.8 Å². The Hall–Kier alpha value is -3.91. The molecule has 11 heteroatoms. The van der Waals surface area contributed by atoms with E-state index in [0.717, 1.165) is 3.97 Å². The summed E-state index contributed by atoms with van der Waals surface area (Å²) in [5, 5.41) is 9.50. The van der Waals surface area contributed by atoms with E-state index in [2.05, 4.69) is 9.97 Å². The van der Waals surface area contributed by atoms with Gasteiger partial charge in [-0.15, -0.1) is 0 Å². The van der Waals surface area contributed by atoms with Crippen molar-refractivity contribution in [1.29, 1.82) is 5.26 Å². The van der Waals surface area contributed by atoms with Crippen LogP contribution >= 0.6 is 0 Å². The molecule has 0 N–H and O–H groups in total. The summed E-state index contributed by atoms with van der Waals surface area (Å²) in [6.07, 6.45) is 3.43. The molecule has 34 heavy (non-hydrogen) atoms. The smallest absolute Gasteiger partial charge is 0.410 e. The number of carbonyl (C=O) groups excluding carboxylic acids is 1. The van der Waals surface area contributed by atoms with Gasteiger partial charge in [-0.05, 0) is 45.0 Å². The number of ether oxygens (including phenoxy) is 2. The van der Waals surface area contributed by atoms with E-state index >= 15 is 0 Å². The molecule has 0 bridgehead atoms. The molecule has 0 spiro atoms. The van der Waals surface area contributed by atoms with Gasteiger partial charge in [-0.2, -0.15) is 5.26 Å². The summed E-state index contributed by atoms with van der Waals surface area (Å²) in [5.41, 5.74) is 0.551. The summed E-state index contributed by atoms with van der Waals surface area (Å²) in [6.45, 7) is 5.43. The molecule has 0 saturated heterocycles. The summed E-state index contributed by atoms with van der Waals surface area (Å²) in [7, 11) is -1.07. The third kappa shape index (κ3) is 5.02. The molecular weight excluding hydrogens is 458 g/mol. The highest BCUT2D eigenvalue weighted by Gasteiger charge is 2.26. The fraction of sp³-hybridized carbons (Fsp3) is 0.304. The van der Waals surface area contributed by atoms with E-state index in [9.17, 15) is 18.5 Å². The minimum absolute atomic E-state index is 0.0564. The number of hydrogen-bond acceptors (Lipinski definition) is 8. The highest BCUT2D eigenvalue weighted by atomic mass is 32.2. The monoisotopic (exact) mass is 483 g/mol. The molecule has 3 heterocycles. The highest BCUT2D eigenvalue weighted by molar-refractivity contribution is 7.90. The van der Waals surface area contributed by atoms with Gasteiger partial charge in [0.25, 0.3) is 10.0 Å². The summed E-state index contributed by atoms with van der Waals surface area (Å²) in [4.78, 5) is 21.8. The molecule has 3 rings (SSSR count). The van der Waals surface area contributed by atoms with Gasteiger partial charge in [0.1, 0.15) is 23.3 Å². The summed E-state index contributed by atoms with van der Waals surface area (Å²) < 4.78 is 38.4. The van der Waals surface area contributed by atoms with E-state index in [1.807, 2.05) is 26.8 Å². The van der Waals surface area contributed by atoms with Gasteiger partial charge in [-0.3, -0.25) is 0 Å². The largest absolute Gasteiger partial charge is 0.481 e. The second kappa shape index (κ2) is 9.52. The van der Waals surface area contributed by atoms with Crippen LogP contribution in [0.1, 0.15) is 32.0 Å². The Morgan fingerprint density at radius 1 is 1.24 bits per heavy atom. The molecule has 0 fully saturated rings. The molecule has 3 aromatic heterocycles. The Bertz CT molecular complexity index is 1340. The van der Waals surface area contributed by atoms with E-state index < -0.39 is 21.7 Å². The third-order valence-corrected chi connectivity index (χ3v) is 6.81. The van der Waals surface area contributed by atoms with Crippen LogP contribution in [0.4, 0.5) is 4.79 Å². The molecule has 0 radical (unpaired) electrons. The van der Waals surface area contributed by atoms with Gasteiger partial charge in [-0.25, -0.2) is 27.2 Å². The van der Waals surface area contributed by atoms with Crippen molar-refractivity contribution in [3.63, 3.8) is 0 Å². The predicted molar refractivity (Wildman–Crippen MR) is 123 cm³/mol. The van der Waals surface area contributed by atoms with Crippen molar-refractivity contribution < 1.29 is 22.7 Å². The van der Waals surface area contributed by atoms with E-state index in [4.69, 9.17) is 9.47 Å². The average Bonchev–Trinajstić information content (AvgIpc) is 3.26. The van der Waals surface area contributed by atoms with Gasteiger partial charge in [0, 0.05) is 42.2 Å². The molecule has 0 aromatic carbocycles. The van der Waals surface area contributed by atoms with Crippen LogP contribution in [0.2, 0.25) is 0 Å². The van der Waals surface area contributed by atoms with Crippen molar-refractivity contribution >= 4 is 16.1 Å². The number of rotatable bonds is 6. The zero-order valence-corrected chi connectivity index (χ0v) is 20.3. The van der Waals surface area contributed by atoms with E-state index in [1.165, 1.54) is 42.7 Å². The molecule has 0 aliphatic heterocycles. The minimum Gasteiger partial charge on any atom is -0.481 e. The number of hydrogen-bond donors (Lipinski definition) is 0. The van der Waals surface area contributed by atoms with Crippen molar-refractivity contribution in [3.05, 3.63) is 60.2 Å². The van der Waals surface area contributed by atoms with Crippen LogP contribution < -0.4 is 4.74 Å². The number of nitriles is 1. The molecule has 0 saturated carbocycles. The first-order chi connectivity index (χ1) is 16.0. The molecule has 10 nitrogen and oxygen atoms in total. The number of aromatic nitrogens is 3. The lowest BCUT2D eigenvalue weighted by Crippen LogP contribution is -2.42. The van der Waals surface area contributed by atoms with E-state index in [1.54, 1.807) is 25.2 Å². The fourth-order valence-electron chi connectivity index (χ4n) is 2.94. The molecule has 0 aliphatic rings. The number of carbonyl (C=O) groups is 1. The fourth-order valence-corrected chi connectivity index (χ4v) is 4.28. The first kappa shape index (κ1) is 24.7. The Kier molecular flexibility index (Phi) is 6.93. The molecule has 0 aliphatic carbocycles. The molecular formula is C23H25N5O5S. The van der Waals surface area contributed by atoms with Crippen LogP contribution in [0.15, 0.2) is 53.8 Å². The zero-order valence-electron chi connectivity index (χ0n) is 19.5. The number of methoxy groups -OCH3 is 1. The Morgan fingerprint density at radius 2 is 1.97 bits per heavy atom. The average molecular weight is 484 g/mol. The van der Waals surface area contributed by atoms with Crippen LogP contribution in [0.3, 0.4) is 0 Å². The first-order valence-corrected chi connectivity index (χ1v) is 11.7. The maximum atomic E-state index is 13.5. The Balaban J connectivity index is 2.06. The van der Waals surface area contributed by atoms with E-state index in [0.29, 0.717) is 11.1 Å². The quantitative estimate of drug-likeness (QED) is 0.522. The Labute approximate surface area is 198 Å². The number of nitrogens with zero attached hydrogens (tertiary/aromatic N) is 5. The Morgan fingerprint density at radius 3 is 2.56 bits per heavy atom. The van der Waals surface area contributed by atoms with Gasteiger partial charge in [0.15, 0.2) is 0 Å². The molecule has 178 valence electrons. The normalized spacial score (nSPS) is 11.5. The minimum atomic E-state index is -4.11. The number of pyridine rings is 2. The van der Waals surface area contributed by atoms with Gasteiger partial charge in [0.2, 0.25) is 5.88 Å². The maximum absolute atomic E-state index is 13.5. The second-order valence-corrected chi connectivity index (χ2v) is 10.2. The van der Waals surface area contributed by atoms with Crippen molar-refractivity contribution in [2.75, 3.05) is 14.2 Å². The van der Waals surface area contributed by atoms with Crippen molar-refractivity contribution in [3.8, 4) is 23.2 Å².